The van der Waals surface area contributed by atoms with E-state index in [1.807, 2.05) is 6.07 Å². The Hall–Kier alpha value is -1.29. The summed E-state index contributed by atoms with van der Waals surface area (Å²) >= 11 is 0. The number of quaternary nitrogens is 1. The quantitative estimate of drug-likeness (QED) is 0.0118. The molecule has 3 atom stereocenters. The normalized spacial score (nSPS) is 13.4. The lowest BCUT2D eigenvalue weighted by atomic mass is 10.0. The first-order valence-corrected chi connectivity index (χ1v) is 29.1. The van der Waals surface area contributed by atoms with Crippen LogP contribution in [-0.4, -0.2) is 79.7 Å². The smallest absolute Gasteiger partial charge is 0.499 e. The van der Waals surface area contributed by atoms with Crippen molar-refractivity contribution in [3.63, 3.8) is 0 Å². The molecule has 12 nitrogen and oxygen atoms in total. The molecule has 0 aliphatic carbocycles. The van der Waals surface area contributed by atoms with Crippen LogP contribution in [0.2, 0.25) is 0 Å². The third kappa shape index (κ3) is 44.4. The Balaban J connectivity index is 0. The molecule has 0 radical (unpaired) electrons. The third-order valence-corrected chi connectivity index (χ3v) is 13.4. The SMILES string of the molecule is CCCCCCCCCCCCCCCCCC(=O)OCC(COC(CC#N)OOP(=O)(O)OCC[N+](CCC)(CCC)CCC)OC(=O)CCCCCCCCCCCCCCCCC.[Cl-]. The molecule has 0 aromatic rings. The first-order chi connectivity index (χ1) is 32.1. The van der Waals surface area contributed by atoms with Gasteiger partial charge < -0.3 is 36.0 Å². The summed E-state index contributed by atoms with van der Waals surface area (Å²) in [4.78, 5) is 41.2. The van der Waals surface area contributed by atoms with Crippen molar-refractivity contribution in [3.8, 4) is 6.07 Å². The van der Waals surface area contributed by atoms with Crippen LogP contribution >= 0.6 is 7.82 Å². The Morgan fingerprint density at radius 3 is 1.28 bits per heavy atom. The summed E-state index contributed by atoms with van der Waals surface area (Å²) in [6, 6.07) is 1.92. The van der Waals surface area contributed by atoms with Gasteiger partial charge in [-0.05, 0) is 32.1 Å². The van der Waals surface area contributed by atoms with Gasteiger partial charge in [0.2, 0.25) is 6.29 Å². The van der Waals surface area contributed by atoms with Crippen molar-refractivity contribution in [1.82, 2.24) is 0 Å². The number of phosphoric acid groups is 1. The standard InChI is InChI=1S/C53H103N2O10P.ClH/c1-6-11-13-15-17-19-21-23-25-27-29-31-33-35-37-39-51(56)60-48-50(63-52(57)40-38-36-34-32-30-28-26-24-22-20-18-16-14-12-7-2)49-61-53(41-42-54)64-65-66(58,59)62-47-46-55(43-8-3,44-9-4)45-10-5;/h50,53H,6-41,43-49H2,1-5H3;1H. The number of rotatable bonds is 52. The summed E-state index contributed by atoms with van der Waals surface area (Å²) in [6.07, 6.45) is 37.8. The number of carbonyl (C=O) groups excluding carboxylic acids is 2. The van der Waals surface area contributed by atoms with Crippen LogP contribution in [0.1, 0.15) is 266 Å². The Morgan fingerprint density at radius 1 is 0.537 bits per heavy atom. The van der Waals surface area contributed by atoms with E-state index in [2.05, 4.69) is 34.6 Å². The molecule has 0 aliphatic heterocycles. The molecule has 14 heteroatoms. The van der Waals surface area contributed by atoms with E-state index >= 15 is 0 Å². The minimum absolute atomic E-state index is 0. The van der Waals surface area contributed by atoms with Gasteiger partial charge in [0, 0.05) is 12.8 Å². The van der Waals surface area contributed by atoms with Gasteiger partial charge in [0.1, 0.15) is 19.8 Å². The van der Waals surface area contributed by atoms with Crippen LogP contribution in [0.5, 0.6) is 0 Å². The largest absolute Gasteiger partial charge is 1.00 e. The minimum atomic E-state index is -4.65. The van der Waals surface area contributed by atoms with Crippen LogP contribution in [0.15, 0.2) is 0 Å². The van der Waals surface area contributed by atoms with Gasteiger partial charge >= 0.3 is 19.8 Å². The van der Waals surface area contributed by atoms with Crippen molar-refractivity contribution in [1.29, 1.82) is 5.26 Å². The van der Waals surface area contributed by atoms with Crippen LogP contribution < -0.4 is 12.4 Å². The summed E-state index contributed by atoms with van der Waals surface area (Å²) in [5.41, 5.74) is 0. The van der Waals surface area contributed by atoms with E-state index in [0.717, 1.165) is 81.9 Å². The number of ether oxygens (including phenoxy) is 3. The van der Waals surface area contributed by atoms with Crippen molar-refractivity contribution in [3.05, 3.63) is 0 Å². The lowest BCUT2D eigenvalue weighted by Crippen LogP contribution is -3.00. The van der Waals surface area contributed by atoms with E-state index in [4.69, 9.17) is 28.3 Å². The maximum absolute atomic E-state index is 13.0. The minimum Gasteiger partial charge on any atom is -1.00 e. The molecule has 0 heterocycles. The maximum Gasteiger partial charge on any atom is 0.499 e. The van der Waals surface area contributed by atoms with Crippen molar-refractivity contribution in [2.45, 2.75) is 278 Å². The highest BCUT2D eigenvalue weighted by atomic mass is 35.5. The number of halogens is 1. The number of hydrogen-bond acceptors (Lipinski definition) is 10. The first-order valence-electron chi connectivity index (χ1n) is 27.6. The molecule has 0 saturated heterocycles. The zero-order valence-electron chi connectivity index (χ0n) is 43.9. The fourth-order valence-electron chi connectivity index (χ4n) is 8.88. The highest BCUT2D eigenvalue weighted by Crippen LogP contribution is 2.44. The predicted octanol–water partition coefficient (Wildman–Crippen LogP) is 12.3. The van der Waals surface area contributed by atoms with Gasteiger partial charge in [0.15, 0.2) is 6.10 Å². The molecular formula is C53H104ClN2O10P. The summed E-state index contributed by atoms with van der Waals surface area (Å²) in [7, 11) is -4.65. The molecule has 0 spiro atoms. The number of nitrogens with zero attached hydrogens (tertiary/aromatic N) is 2. The molecule has 0 aromatic carbocycles. The molecule has 0 amide bonds. The van der Waals surface area contributed by atoms with Crippen molar-refractivity contribution < 1.29 is 64.2 Å². The summed E-state index contributed by atoms with van der Waals surface area (Å²) in [5, 5.41) is 9.44. The number of carbonyl (C=O) groups is 2. The molecule has 3 unspecified atom stereocenters. The zero-order chi connectivity index (χ0) is 48.7. The molecule has 0 bridgehead atoms. The summed E-state index contributed by atoms with van der Waals surface area (Å²) in [5.74, 6) is -0.804. The van der Waals surface area contributed by atoms with Gasteiger partial charge in [-0.25, -0.2) is 4.57 Å². The van der Waals surface area contributed by atoms with E-state index < -0.39 is 26.2 Å². The zero-order valence-corrected chi connectivity index (χ0v) is 45.6. The second-order valence-corrected chi connectivity index (χ2v) is 20.4. The monoisotopic (exact) mass is 995 g/mol. The Bertz CT molecular complexity index is 1180. The molecule has 67 heavy (non-hydrogen) atoms. The Kier molecular flexibility index (Phi) is 50.3. The molecule has 0 rings (SSSR count). The average molecular weight is 996 g/mol. The highest BCUT2D eigenvalue weighted by Gasteiger charge is 2.30. The molecular weight excluding hydrogens is 891 g/mol. The van der Waals surface area contributed by atoms with Gasteiger partial charge in [-0.3, -0.25) is 14.1 Å². The van der Waals surface area contributed by atoms with Gasteiger partial charge in [0.25, 0.3) is 0 Å². The number of phosphoric ester groups is 1. The lowest BCUT2D eigenvalue weighted by molar-refractivity contribution is -0.928. The molecule has 398 valence electrons. The second kappa shape index (κ2) is 49.7. The maximum atomic E-state index is 13.0. The number of hydrogen-bond donors (Lipinski definition) is 1. The highest BCUT2D eigenvalue weighted by molar-refractivity contribution is 7.47. The predicted molar refractivity (Wildman–Crippen MR) is 268 cm³/mol. The fourth-order valence-corrected chi connectivity index (χ4v) is 9.44. The third-order valence-electron chi connectivity index (χ3n) is 12.6. The Labute approximate surface area is 418 Å². The first kappa shape index (κ1) is 67.8. The fraction of sp³-hybridized carbons (Fsp3) is 0.943. The van der Waals surface area contributed by atoms with Crippen LogP contribution in [0, 0.1) is 11.3 Å². The second-order valence-electron chi connectivity index (χ2n) is 19.0. The average Bonchev–Trinajstić information content (AvgIpc) is 3.29. The van der Waals surface area contributed by atoms with Crippen LogP contribution in [-0.2, 0) is 42.5 Å². The summed E-state index contributed by atoms with van der Waals surface area (Å²) < 4.78 is 40.7. The number of nitriles is 1. The molecule has 0 aliphatic rings. The van der Waals surface area contributed by atoms with E-state index in [0.29, 0.717) is 13.0 Å². The number of unbranched alkanes of at least 4 members (excludes halogenated alkanes) is 28. The Morgan fingerprint density at radius 2 is 0.910 bits per heavy atom. The molecule has 1 N–H and O–H groups in total. The lowest BCUT2D eigenvalue weighted by Gasteiger charge is -2.38. The van der Waals surface area contributed by atoms with Crippen LogP contribution in [0.3, 0.4) is 0 Å². The van der Waals surface area contributed by atoms with E-state index in [1.165, 1.54) is 148 Å². The van der Waals surface area contributed by atoms with Crippen molar-refractivity contribution >= 4 is 19.8 Å². The van der Waals surface area contributed by atoms with Crippen LogP contribution in [0.4, 0.5) is 0 Å². The van der Waals surface area contributed by atoms with Gasteiger partial charge in [-0.1, -0.05) is 214 Å². The number of esters is 2. The van der Waals surface area contributed by atoms with E-state index in [9.17, 15) is 24.3 Å². The van der Waals surface area contributed by atoms with Gasteiger partial charge in [-0.15, -0.1) is 4.67 Å². The van der Waals surface area contributed by atoms with E-state index in [1.54, 1.807) is 0 Å². The van der Waals surface area contributed by atoms with Gasteiger partial charge in [-0.2, -0.15) is 10.1 Å². The van der Waals surface area contributed by atoms with Crippen molar-refractivity contribution in [2.75, 3.05) is 46.0 Å². The van der Waals surface area contributed by atoms with Crippen LogP contribution in [0.25, 0.3) is 0 Å². The molecule has 0 saturated carbocycles. The van der Waals surface area contributed by atoms with E-state index in [-0.39, 0.29) is 57.5 Å². The summed E-state index contributed by atoms with van der Waals surface area (Å²) in [6.45, 7) is 13.7. The van der Waals surface area contributed by atoms with Gasteiger partial charge in [0.05, 0.1) is 38.7 Å². The van der Waals surface area contributed by atoms with Crippen molar-refractivity contribution in [2.24, 2.45) is 0 Å². The topological polar surface area (TPSA) is 151 Å². The molecule has 0 aromatic heterocycles. The molecule has 0 fully saturated rings.